The van der Waals surface area contributed by atoms with Crippen LogP contribution in [-0.2, 0) is 4.74 Å². The summed E-state index contributed by atoms with van der Waals surface area (Å²) in [6.45, 7) is 0.390. The fourth-order valence-corrected chi connectivity index (χ4v) is 3.12. The van der Waals surface area contributed by atoms with Gasteiger partial charge >= 0.3 is 0 Å². The summed E-state index contributed by atoms with van der Waals surface area (Å²) >= 11 is 0. The molecule has 0 aromatic carbocycles. The van der Waals surface area contributed by atoms with Gasteiger partial charge in [-0.15, -0.1) is 0 Å². The van der Waals surface area contributed by atoms with Gasteiger partial charge in [0.2, 0.25) is 0 Å². The van der Waals surface area contributed by atoms with Crippen molar-refractivity contribution < 1.29 is 13.9 Å². The van der Waals surface area contributed by atoms with E-state index in [2.05, 4.69) is 20.2 Å². The summed E-state index contributed by atoms with van der Waals surface area (Å²) in [4.78, 5) is 22.7. The van der Waals surface area contributed by atoms with Crippen LogP contribution in [0.5, 0.6) is 0 Å². The Balaban J connectivity index is 1.63. The largest absolute Gasteiger partial charge is 0.380 e. The summed E-state index contributed by atoms with van der Waals surface area (Å²) in [5.74, 6) is 0.853. The molecule has 1 saturated heterocycles. The van der Waals surface area contributed by atoms with E-state index in [1.807, 2.05) is 0 Å². The number of carbonyl (C=O) groups is 1. The van der Waals surface area contributed by atoms with Gasteiger partial charge in [0.1, 0.15) is 5.82 Å². The molecule has 8 heteroatoms. The highest BCUT2D eigenvalue weighted by atomic mass is 19.1. The normalized spacial score (nSPS) is 23.7. The van der Waals surface area contributed by atoms with E-state index in [-0.39, 0.29) is 23.6 Å². The summed E-state index contributed by atoms with van der Waals surface area (Å²) in [6, 6.07) is 1.10. The molecule has 2 atom stereocenters. The molecule has 2 aromatic rings. The van der Waals surface area contributed by atoms with Crippen molar-refractivity contribution in [1.29, 1.82) is 0 Å². The van der Waals surface area contributed by atoms with Gasteiger partial charge in [0.15, 0.2) is 11.6 Å². The maximum absolute atomic E-state index is 13.9. The summed E-state index contributed by atoms with van der Waals surface area (Å²) in [7, 11) is 1.61. The SMILES string of the molecule is CO[C@@H]1C[C@@H](c2nc(C3CC3)n[nH]2)N(C(=O)c2ccncc2F)C1. The number of aromatic nitrogens is 4. The maximum atomic E-state index is 13.9. The van der Waals surface area contributed by atoms with Gasteiger partial charge in [0.25, 0.3) is 5.91 Å². The zero-order valence-electron chi connectivity index (χ0n) is 13.3. The Morgan fingerprint density at radius 3 is 3.00 bits per heavy atom. The molecular formula is C16H18FN5O2. The van der Waals surface area contributed by atoms with E-state index in [0.29, 0.717) is 24.7 Å². The Kier molecular flexibility index (Phi) is 3.76. The lowest BCUT2D eigenvalue weighted by Crippen LogP contribution is -2.33. The van der Waals surface area contributed by atoms with Crippen molar-refractivity contribution in [3.8, 4) is 0 Å². The van der Waals surface area contributed by atoms with Gasteiger partial charge in [-0.25, -0.2) is 9.37 Å². The number of nitrogens with zero attached hydrogens (tertiary/aromatic N) is 4. The van der Waals surface area contributed by atoms with Crippen molar-refractivity contribution in [3.05, 3.63) is 41.5 Å². The van der Waals surface area contributed by atoms with Crippen LogP contribution in [0.15, 0.2) is 18.5 Å². The molecule has 1 aliphatic heterocycles. The van der Waals surface area contributed by atoms with Gasteiger partial charge in [-0.3, -0.25) is 14.9 Å². The van der Waals surface area contributed by atoms with Crippen LogP contribution in [0.2, 0.25) is 0 Å². The van der Waals surface area contributed by atoms with Crippen LogP contribution in [0.4, 0.5) is 4.39 Å². The molecule has 0 bridgehead atoms. The number of aromatic amines is 1. The number of hydrogen-bond donors (Lipinski definition) is 1. The smallest absolute Gasteiger partial charge is 0.257 e. The van der Waals surface area contributed by atoms with Crippen LogP contribution >= 0.6 is 0 Å². The molecule has 2 aromatic heterocycles. The number of halogens is 1. The number of amides is 1. The number of nitrogens with one attached hydrogen (secondary N) is 1. The van der Waals surface area contributed by atoms with Crippen molar-refractivity contribution in [2.24, 2.45) is 0 Å². The Bertz CT molecular complexity index is 760. The Hall–Kier alpha value is -2.35. The molecule has 4 rings (SSSR count). The summed E-state index contributed by atoms with van der Waals surface area (Å²) < 4.78 is 19.4. The summed E-state index contributed by atoms with van der Waals surface area (Å²) in [5.41, 5.74) is 0.00804. The lowest BCUT2D eigenvalue weighted by molar-refractivity contribution is 0.0679. The first kappa shape index (κ1) is 15.2. The molecule has 1 amide bonds. The number of H-pyrrole nitrogens is 1. The van der Waals surface area contributed by atoms with E-state index >= 15 is 0 Å². The minimum atomic E-state index is -0.627. The third-order valence-electron chi connectivity index (χ3n) is 4.64. The van der Waals surface area contributed by atoms with E-state index in [0.717, 1.165) is 24.9 Å². The molecule has 7 nitrogen and oxygen atoms in total. The first-order chi connectivity index (χ1) is 11.7. The predicted octanol–water partition coefficient (Wildman–Crippen LogP) is 1.82. The lowest BCUT2D eigenvalue weighted by Gasteiger charge is -2.22. The molecule has 0 radical (unpaired) electrons. The molecule has 24 heavy (non-hydrogen) atoms. The first-order valence-electron chi connectivity index (χ1n) is 8.03. The number of pyridine rings is 1. The third kappa shape index (κ3) is 2.66. The van der Waals surface area contributed by atoms with Crippen molar-refractivity contribution in [1.82, 2.24) is 25.1 Å². The van der Waals surface area contributed by atoms with Crippen molar-refractivity contribution in [2.45, 2.75) is 37.3 Å². The second kappa shape index (κ2) is 5.94. The third-order valence-corrected chi connectivity index (χ3v) is 4.64. The number of rotatable bonds is 4. The Morgan fingerprint density at radius 1 is 1.46 bits per heavy atom. The monoisotopic (exact) mass is 331 g/mol. The van der Waals surface area contributed by atoms with Crippen molar-refractivity contribution >= 4 is 5.91 Å². The maximum Gasteiger partial charge on any atom is 0.257 e. The Morgan fingerprint density at radius 2 is 2.29 bits per heavy atom. The zero-order valence-corrected chi connectivity index (χ0v) is 13.3. The van der Waals surface area contributed by atoms with Gasteiger partial charge in [-0.2, -0.15) is 5.10 Å². The van der Waals surface area contributed by atoms with E-state index in [9.17, 15) is 9.18 Å². The van der Waals surface area contributed by atoms with Crippen LogP contribution in [0.25, 0.3) is 0 Å². The van der Waals surface area contributed by atoms with Crippen LogP contribution < -0.4 is 0 Å². The van der Waals surface area contributed by atoms with E-state index in [4.69, 9.17) is 4.74 Å². The number of hydrogen-bond acceptors (Lipinski definition) is 5. The van der Waals surface area contributed by atoms with Gasteiger partial charge in [0, 0.05) is 32.2 Å². The predicted molar refractivity (Wildman–Crippen MR) is 81.7 cm³/mol. The topological polar surface area (TPSA) is 84.0 Å². The molecule has 0 spiro atoms. The second-order valence-corrected chi connectivity index (χ2v) is 6.28. The first-order valence-corrected chi connectivity index (χ1v) is 8.03. The van der Waals surface area contributed by atoms with E-state index in [1.54, 1.807) is 12.0 Å². The quantitative estimate of drug-likeness (QED) is 0.924. The highest BCUT2D eigenvalue weighted by molar-refractivity contribution is 5.94. The molecule has 126 valence electrons. The van der Waals surface area contributed by atoms with Crippen LogP contribution in [0.3, 0.4) is 0 Å². The van der Waals surface area contributed by atoms with Gasteiger partial charge in [-0.05, 0) is 18.9 Å². The van der Waals surface area contributed by atoms with Gasteiger partial charge in [0.05, 0.1) is 23.9 Å². The molecule has 3 heterocycles. The lowest BCUT2D eigenvalue weighted by atomic mass is 10.1. The van der Waals surface area contributed by atoms with Crippen molar-refractivity contribution in [3.63, 3.8) is 0 Å². The fourth-order valence-electron chi connectivity index (χ4n) is 3.12. The minimum Gasteiger partial charge on any atom is -0.380 e. The van der Waals surface area contributed by atoms with E-state index in [1.165, 1.54) is 12.3 Å². The molecule has 1 aliphatic carbocycles. The average molecular weight is 331 g/mol. The van der Waals surface area contributed by atoms with E-state index < -0.39 is 5.82 Å². The average Bonchev–Trinajstić information content (AvgIpc) is 3.17. The number of likely N-dealkylation sites (tertiary alicyclic amines) is 1. The summed E-state index contributed by atoms with van der Waals surface area (Å²) in [5, 5.41) is 7.21. The molecule has 0 unspecified atom stereocenters. The highest BCUT2D eigenvalue weighted by Crippen LogP contribution is 2.39. The van der Waals surface area contributed by atoms with Crippen LogP contribution in [0, 0.1) is 5.82 Å². The highest BCUT2D eigenvalue weighted by Gasteiger charge is 2.40. The number of methoxy groups -OCH3 is 1. The molecule has 1 saturated carbocycles. The Labute approximate surface area is 138 Å². The zero-order chi connectivity index (χ0) is 16.7. The molecule has 1 N–H and O–H groups in total. The summed E-state index contributed by atoms with van der Waals surface area (Å²) in [6.07, 6.45) is 5.16. The standard InChI is InChI=1S/C16H18FN5O2/c1-24-10-6-13(15-19-14(20-21-15)9-2-3-9)22(8-10)16(23)11-4-5-18-7-12(11)17/h4-5,7,9-10,13H,2-3,6,8H2,1H3,(H,19,20,21)/t10-,13+/m1/s1. The second-order valence-electron chi connectivity index (χ2n) is 6.28. The molecule has 2 fully saturated rings. The molecular weight excluding hydrogens is 313 g/mol. The van der Waals surface area contributed by atoms with Crippen LogP contribution in [0.1, 0.15) is 53.2 Å². The molecule has 2 aliphatic rings. The number of carbonyl (C=O) groups excluding carboxylic acids is 1. The van der Waals surface area contributed by atoms with Gasteiger partial charge in [-0.1, -0.05) is 0 Å². The van der Waals surface area contributed by atoms with Crippen LogP contribution in [-0.4, -0.2) is 50.7 Å². The van der Waals surface area contributed by atoms with Gasteiger partial charge < -0.3 is 9.64 Å². The number of ether oxygens (including phenoxy) is 1. The fraction of sp³-hybridized carbons (Fsp3) is 0.500. The minimum absolute atomic E-state index is 0.00804. The van der Waals surface area contributed by atoms with Crippen molar-refractivity contribution in [2.75, 3.05) is 13.7 Å².